The van der Waals surface area contributed by atoms with Crippen LogP contribution in [0.4, 0.5) is 11.4 Å². The van der Waals surface area contributed by atoms with Crippen LogP contribution in [0.3, 0.4) is 0 Å². The fraction of sp³-hybridized carbons (Fsp3) is 0.318. The topological polar surface area (TPSA) is 149 Å². The molecule has 176 valence electrons. The fourth-order valence-corrected chi connectivity index (χ4v) is 5.05. The number of nitrogens with zero attached hydrogens (tertiary/aromatic N) is 2. The molecule has 0 spiro atoms. The third-order valence-electron chi connectivity index (χ3n) is 5.09. The van der Waals surface area contributed by atoms with Gasteiger partial charge in [0.05, 0.1) is 17.1 Å². The van der Waals surface area contributed by atoms with Crippen molar-refractivity contribution in [3.8, 4) is 0 Å². The smallest absolute Gasteiger partial charge is 0.248 e. The number of para-hydroxylation sites is 2. The summed E-state index contributed by atoms with van der Waals surface area (Å²) in [5, 5.41) is 12.5. The Morgan fingerprint density at radius 1 is 0.970 bits per heavy atom. The van der Waals surface area contributed by atoms with Gasteiger partial charge in [0.2, 0.25) is 21.8 Å². The first-order chi connectivity index (χ1) is 15.8. The van der Waals surface area contributed by atoms with E-state index in [1.807, 2.05) is 6.07 Å². The Morgan fingerprint density at radius 3 is 2.24 bits per heavy atom. The molecule has 0 atom stereocenters. The maximum absolute atomic E-state index is 13.1. The molecule has 0 saturated heterocycles. The Kier molecular flexibility index (Phi) is 7.88. The standard InChI is InChI=1S/C22H28N6O4S/c23-22(24)26-13-7-6-12-25-20(29)14-27-18-10-4-5-11-19(18)28(15-21(27)30)33(31,32)16-17-8-2-1-3-9-17/h1-5,8-11H,6-7,12-16H2,(H,25,29)(H4,23,24,26). The number of benzene rings is 2. The molecule has 0 saturated carbocycles. The molecule has 1 aliphatic heterocycles. The van der Waals surface area contributed by atoms with Crippen LogP contribution in [0.25, 0.3) is 0 Å². The summed E-state index contributed by atoms with van der Waals surface area (Å²) in [6.07, 6.45) is 1.40. The number of carbonyl (C=O) groups is 2. The third kappa shape index (κ3) is 6.45. The lowest BCUT2D eigenvalue weighted by atomic mass is 10.2. The van der Waals surface area contributed by atoms with Crippen molar-refractivity contribution >= 4 is 39.2 Å². The molecule has 2 aromatic rings. The zero-order chi connectivity index (χ0) is 23.8. The zero-order valence-corrected chi connectivity index (χ0v) is 19.0. The van der Waals surface area contributed by atoms with Crippen molar-refractivity contribution in [1.29, 1.82) is 5.41 Å². The number of rotatable bonds is 10. The molecule has 11 heteroatoms. The van der Waals surface area contributed by atoms with E-state index in [-0.39, 0.29) is 30.7 Å². The van der Waals surface area contributed by atoms with E-state index in [9.17, 15) is 18.0 Å². The number of guanidine groups is 1. The maximum atomic E-state index is 13.1. The van der Waals surface area contributed by atoms with Crippen LogP contribution in [0.2, 0.25) is 0 Å². The molecule has 1 aliphatic rings. The summed E-state index contributed by atoms with van der Waals surface area (Å²) < 4.78 is 27.3. The van der Waals surface area contributed by atoms with Crippen LogP contribution in [-0.4, -0.2) is 52.4 Å². The van der Waals surface area contributed by atoms with Gasteiger partial charge in [0, 0.05) is 13.1 Å². The van der Waals surface area contributed by atoms with Gasteiger partial charge in [0.15, 0.2) is 5.96 Å². The average molecular weight is 473 g/mol. The van der Waals surface area contributed by atoms with Crippen LogP contribution >= 0.6 is 0 Å². The number of sulfonamides is 1. The molecule has 0 aliphatic carbocycles. The molecule has 3 rings (SSSR count). The van der Waals surface area contributed by atoms with Gasteiger partial charge in [0.1, 0.15) is 13.1 Å². The summed E-state index contributed by atoms with van der Waals surface area (Å²) in [5.74, 6) is -1.13. The minimum absolute atomic E-state index is 0.0962. The molecule has 0 radical (unpaired) electrons. The van der Waals surface area contributed by atoms with Crippen molar-refractivity contribution in [1.82, 2.24) is 10.6 Å². The Hall–Kier alpha value is -3.60. The largest absolute Gasteiger partial charge is 0.370 e. The highest BCUT2D eigenvalue weighted by molar-refractivity contribution is 7.92. The van der Waals surface area contributed by atoms with E-state index < -0.39 is 15.9 Å². The van der Waals surface area contributed by atoms with E-state index >= 15 is 0 Å². The summed E-state index contributed by atoms with van der Waals surface area (Å²) in [5.41, 5.74) is 6.59. The number of fused-ring (bicyclic) bond motifs is 1. The van der Waals surface area contributed by atoms with E-state index in [1.54, 1.807) is 48.5 Å². The number of nitrogens with two attached hydrogens (primary N) is 1. The van der Waals surface area contributed by atoms with E-state index in [0.29, 0.717) is 36.4 Å². The highest BCUT2D eigenvalue weighted by Crippen LogP contribution is 2.35. The number of carbonyl (C=O) groups excluding carboxylic acids is 2. The summed E-state index contributed by atoms with van der Waals surface area (Å²) in [7, 11) is -3.81. The van der Waals surface area contributed by atoms with Gasteiger partial charge in [0.25, 0.3) is 0 Å². The third-order valence-corrected chi connectivity index (χ3v) is 6.79. The predicted molar refractivity (Wildman–Crippen MR) is 127 cm³/mol. The predicted octanol–water partition coefficient (Wildman–Crippen LogP) is 0.749. The first-order valence-electron chi connectivity index (χ1n) is 10.6. The normalized spacial score (nSPS) is 13.4. The molecular formula is C22H28N6O4S. The van der Waals surface area contributed by atoms with Gasteiger partial charge in [-0.25, -0.2) is 8.42 Å². The summed E-state index contributed by atoms with van der Waals surface area (Å²) >= 11 is 0. The number of unbranched alkanes of at least 4 members (excludes halogenated alkanes) is 1. The van der Waals surface area contributed by atoms with Crippen molar-refractivity contribution in [3.63, 3.8) is 0 Å². The molecule has 5 N–H and O–H groups in total. The molecule has 1 heterocycles. The van der Waals surface area contributed by atoms with Crippen LogP contribution in [0, 0.1) is 5.41 Å². The van der Waals surface area contributed by atoms with E-state index in [2.05, 4.69) is 10.6 Å². The first kappa shape index (κ1) is 24.1. The summed E-state index contributed by atoms with van der Waals surface area (Å²) in [6, 6.07) is 15.5. The average Bonchev–Trinajstić information content (AvgIpc) is 2.78. The van der Waals surface area contributed by atoms with Crippen molar-refractivity contribution in [3.05, 3.63) is 60.2 Å². The molecule has 33 heavy (non-hydrogen) atoms. The lowest BCUT2D eigenvalue weighted by Crippen LogP contribution is -2.51. The van der Waals surface area contributed by atoms with Crippen LogP contribution in [0.15, 0.2) is 54.6 Å². The first-order valence-corrected chi connectivity index (χ1v) is 12.2. The van der Waals surface area contributed by atoms with Gasteiger partial charge >= 0.3 is 0 Å². The van der Waals surface area contributed by atoms with E-state index in [0.717, 1.165) is 10.7 Å². The zero-order valence-electron chi connectivity index (χ0n) is 18.2. The van der Waals surface area contributed by atoms with Crippen LogP contribution in [0.1, 0.15) is 18.4 Å². The van der Waals surface area contributed by atoms with Gasteiger partial charge in [-0.15, -0.1) is 0 Å². The molecule has 0 aromatic heterocycles. The number of nitrogens with one attached hydrogen (secondary N) is 3. The molecular weight excluding hydrogens is 444 g/mol. The molecule has 0 unspecified atom stereocenters. The van der Waals surface area contributed by atoms with Crippen molar-refractivity contribution < 1.29 is 18.0 Å². The Bertz CT molecular complexity index is 1110. The van der Waals surface area contributed by atoms with Crippen molar-refractivity contribution in [2.75, 3.05) is 35.4 Å². The van der Waals surface area contributed by atoms with Crippen molar-refractivity contribution in [2.45, 2.75) is 18.6 Å². The highest BCUT2D eigenvalue weighted by Gasteiger charge is 2.36. The summed E-state index contributed by atoms with van der Waals surface area (Å²) in [4.78, 5) is 26.6. The molecule has 2 amide bonds. The molecule has 2 aromatic carbocycles. The lowest BCUT2D eigenvalue weighted by Gasteiger charge is -2.36. The summed E-state index contributed by atoms with van der Waals surface area (Å²) in [6.45, 7) is 0.389. The second kappa shape index (κ2) is 10.8. The highest BCUT2D eigenvalue weighted by atomic mass is 32.2. The van der Waals surface area contributed by atoms with Crippen LogP contribution < -0.4 is 25.6 Å². The number of hydrogen-bond acceptors (Lipinski definition) is 5. The van der Waals surface area contributed by atoms with Crippen LogP contribution in [-0.2, 0) is 25.4 Å². The van der Waals surface area contributed by atoms with Gasteiger partial charge in [-0.3, -0.25) is 24.2 Å². The maximum Gasteiger partial charge on any atom is 0.248 e. The molecule has 0 fully saturated rings. The van der Waals surface area contributed by atoms with Gasteiger partial charge in [-0.05, 0) is 30.5 Å². The molecule has 10 nitrogen and oxygen atoms in total. The second-order valence-electron chi connectivity index (χ2n) is 7.61. The number of amides is 2. The Balaban J connectivity index is 1.67. The van der Waals surface area contributed by atoms with Crippen LogP contribution in [0.5, 0.6) is 0 Å². The quantitative estimate of drug-likeness (QED) is 0.228. The minimum Gasteiger partial charge on any atom is -0.370 e. The van der Waals surface area contributed by atoms with Gasteiger partial charge < -0.3 is 16.4 Å². The Labute approximate surface area is 193 Å². The van der Waals surface area contributed by atoms with Gasteiger partial charge in [-0.1, -0.05) is 42.5 Å². The van der Waals surface area contributed by atoms with E-state index in [4.69, 9.17) is 11.1 Å². The SMILES string of the molecule is N=C(N)NCCCCNC(=O)CN1C(=O)CN(S(=O)(=O)Cc2ccccc2)c2ccccc21. The Morgan fingerprint density at radius 2 is 1.58 bits per heavy atom. The van der Waals surface area contributed by atoms with Gasteiger partial charge in [-0.2, -0.15) is 0 Å². The number of anilines is 2. The number of hydrogen-bond donors (Lipinski definition) is 4. The monoisotopic (exact) mass is 472 g/mol. The second-order valence-corrected chi connectivity index (χ2v) is 9.51. The minimum atomic E-state index is -3.81. The van der Waals surface area contributed by atoms with E-state index in [1.165, 1.54) is 4.90 Å². The fourth-order valence-electron chi connectivity index (χ4n) is 3.52. The lowest BCUT2D eigenvalue weighted by molar-refractivity contribution is -0.123. The van der Waals surface area contributed by atoms with Crippen molar-refractivity contribution in [2.24, 2.45) is 5.73 Å². The molecule has 0 bridgehead atoms.